The number of rotatable bonds is 5. The second-order valence-corrected chi connectivity index (χ2v) is 4.18. The average molecular weight is 270 g/mol. The Hall–Kier alpha value is -2.69. The van der Waals surface area contributed by atoms with Crippen LogP contribution in [0.1, 0.15) is 22.9 Å². The quantitative estimate of drug-likeness (QED) is 0.616. The first-order chi connectivity index (χ1) is 9.63. The topological polar surface area (TPSA) is 69.1 Å². The lowest BCUT2D eigenvalue weighted by Gasteiger charge is -1.81. The van der Waals surface area contributed by atoms with Gasteiger partial charge in [-0.15, -0.1) is 0 Å². The van der Waals surface area contributed by atoms with Gasteiger partial charge in [0.1, 0.15) is 22.9 Å². The first kappa shape index (κ1) is 13.7. The molecule has 2 aromatic heterocycles. The maximum absolute atomic E-state index is 11.5. The summed E-state index contributed by atoms with van der Waals surface area (Å²) in [6.07, 6.45) is 9.61. The fraction of sp³-hybridized carbons (Fsp3) is 0.133. The summed E-state index contributed by atoms with van der Waals surface area (Å²) < 4.78 is 9.80. The van der Waals surface area contributed by atoms with Gasteiger partial charge in [0.2, 0.25) is 0 Å². The molecule has 0 spiro atoms. The van der Waals surface area contributed by atoms with Gasteiger partial charge in [0, 0.05) is 12.1 Å². The van der Waals surface area contributed by atoms with Crippen molar-refractivity contribution in [2.45, 2.75) is 13.8 Å². The normalized spacial score (nSPS) is 12.1. The highest BCUT2D eigenvalue weighted by Crippen LogP contribution is 2.04. The van der Waals surface area contributed by atoms with Crippen molar-refractivity contribution < 1.29 is 13.8 Å². The maximum atomic E-state index is 11.5. The molecule has 2 rings (SSSR count). The first-order valence-corrected chi connectivity index (χ1v) is 6.07. The monoisotopic (exact) mass is 270 g/mol. The number of carbonyl (C=O) groups is 1. The minimum Gasteiger partial charge on any atom is -0.361 e. The summed E-state index contributed by atoms with van der Waals surface area (Å²) in [7, 11) is 0. The van der Waals surface area contributed by atoms with Gasteiger partial charge in [-0.2, -0.15) is 0 Å². The van der Waals surface area contributed by atoms with Crippen LogP contribution in [0.15, 0.2) is 45.5 Å². The van der Waals surface area contributed by atoms with E-state index >= 15 is 0 Å². The Balaban J connectivity index is 1.86. The van der Waals surface area contributed by atoms with E-state index in [0.717, 1.165) is 5.76 Å². The van der Waals surface area contributed by atoms with E-state index in [9.17, 15) is 4.79 Å². The lowest BCUT2D eigenvalue weighted by molar-refractivity contribution is -0.110. The minimum atomic E-state index is -0.133. The van der Waals surface area contributed by atoms with Gasteiger partial charge < -0.3 is 9.05 Å². The van der Waals surface area contributed by atoms with E-state index in [4.69, 9.17) is 9.05 Å². The molecule has 102 valence electrons. The zero-order valence-corrected chi connectivity index (χ0v) is 11.2. The number of aryl methyl sites for hydroxylation is 2. The van der Waals surface area contributed by atoms with Crippen molar-refractivity contribution in [3.63, 3.8) is 0 Å². The largest absolute Gasteiger partial charge is 0.361 e. The van der Waals surface area contributed by atoms with E-state index < -0.39 is 0 Å². The molecule has 0 aliphatic carbocycles. The number of nitrogens with zero attached hydrogens (tertiary/aromatic N) is 2. The second kappa shape index (κ2) is 6.47. The Morgan fingerprint density at radius 2 is 1.55 bits per heavy atom. The molecule has 0 unspecified atom stereocenters. The molecule has 0 saturated heterocycles. The van der Waals surface area contributed by atoms with Crippen molar-refractivity contribution in [1.29, 1.82) is 0 Å². The van der Waals surface area contributed by atoms with Crippen molar-refractivity contribution in [3.8, 4) is 0 Å². The molecule has 0 aliphatic heterocycles. The molecule has 0 aromatic carbocycles. The lowest BCUT2D eigenvalue weighted by atomic mass is 10.2. The highest BCUT2D eigenvalue weighted by molar-refractivity contribution is 6.02. The third kappa shape index (κ3) is 4.20. The summed E-state index contributed by atoms with van der Waals surface area (Å²) in [5.74, 6) is 1.32. The van der Waals surface area contributed by atoms with Gasteiger partial charge in [0.25, 0.3) is 0 Å². The molecule has 5 heteroatoms. The molecular formula is C15H14N2O3. The van der Waals surface area contributed by atoms with Crippen molar-refractivity contribution >= 4 is 17.9 Å². The molecular weight excluding hydrogens is 256 g/mol. The fourth-order valence-corrected chi connectivity index (χ4v) is 1.46. The van der Waals surface area contributed by atoms with Crippen LogP contribution in [0, 0.1) is 13.8 Å². The summed E-state index contributed by atoms with van der Waals surface area (Å²) >= 11 is 0. The molecule has 0 amide bonds. The summed E-state index contributed by atoms with van der Waals surface area (Å²) in [5, 5.41) is 7.55. The predicted molar refractivity (Wildman–Crippen MR) is 74.7 cm³/mol. The fourth-order valence-electron chi connectivity index (χ4n) is 1.46. The van der Waals surface area contributed by atoms with Crippen LogP contribution in [-0.4, -0.2) is 16.1 Å². The van der Waals surface area contributed by atoms with Gasteiger partial charge in [-0.25, -0.2) is 0 Å². The number of allylic oxidation sites excluding steroid dienone is 4. The lowest BCUT2D eigenvalue weighted by Crippen LogP contribution is -1.83. The van der Waals surface area contributed by atoms with E-state index in [2.05, 4.69) is 10.3 Å². The molecule has 20 heavy (non-hydrogen) atoms. The van der Waals surface area contributed by atoms with Crippen LogP contribution >= 0.6 is 0 Å². The van der Waals surface area contributed by atoms with Crippen molar-refractivity contribution in [1.82, 2.24) is 10.3 Å². The van der Waals surface area contributed by atoms with Crippen LogP contribution in [0.4, 0.5) is 0 Å². The summed E-state index contributed by atoms with van der Waals surface area (Å²) in [5.41, 5.74) is 1.34. The molecule has 0 bridgehead atoms. The highest BCUT2D eigenvalue weighted by atomic mass is 16.5. The molecule has 5 nitrogen and oxygen atoms in total. The molecule has 2 aromatic rings. The standard InChI is InChI=1S/C15H14N2O3/c1-11-9-13(16-19-11)5-3-4-6-15(18)8-7-14-10-12(2)20-17-14/h3-10H,1-2H3/b5-3+,6-4+,8-7+. The van der Waals surface area contributed by atoms with Crippen molar-refractivity contribution in [2.75, 3.05) is 0 Å². The summed E-state index contributed by atoms with van der Waals surface area (Å²) in [6, 6.07) is 3.55. The molecule has 0 radical (unpaired) electrons. The smallest absolute Gasteiger partial charge is 0.178 e. The number of ketones is 1. The van der Waals surface area contributed by atoms with E-state index in [0.29, 0.717) is 17.1 Å². The molecule has 0 aliphatic rings. The van der Waals surface area contributed by atoms with Crippen LogP contribution in [0.25, 0.3) is 12.2 Å². The Bertz CT molecular complexity index is 675. The van der Waals surface area contributed by atoms with Crippen LogP contribution in [-0.2, 0) is 4.79 Å². The van der Waals surface area contributed by atoms with Gasteiger partial charge in [-0.05, 0) is 38.2 Å². The Morgan fingerprint density at radius 1 is 0.950 bits per heavy atom. The van der Waals surface area contributed by atoms with Gasteiger partial charge in [0.15, 0.2) is 5.78 Å². The van der Waals surface area contributed by atoms with E-state index in [-0.39, 0.29) is 5.78 Å². The van der Waals surface area contributed by atoms with Gasteiger partial charge in [-0.1, -0.05) is 22.5 Å². The summed E-state index contributed by atoms with van der Waals surface area (Å²) in [6.45, 7) is 3.61. The zero-order chi connectivity index (χ0) is 14.4. The Labute approximate surface area is 116 Å². The van der Waals surface area contributed by atoms with Crippen LogP contribution < -0.4 is 0 Å². The molecule has 2 heterocycles. The third-order valence-electron chi connectivity index (χ3n) is 2.35. The number of aromatic nitrogens is 2. The molecule has 0 saturated carbocycles. The van der Waals surface area contributed by atoms with E-state index in [1.807, 2.05) is 6.92 Å². The Kier molecular flexibility index (Phi) is 4.44. The number of hydrogen-bond acceptors (Lipinski definition) is 5. The van der Waals surface area contributed by atoms with Crippen LogP contribution in [0.5, 0.6) is 0 Å². The van der Waals surface area contributed by atoms with Crippen molar-refractivity contribution in [3.05, 3.63) is 59.3 Å². The van der Waals surface area contributed by atoms with Gasteiger partial charge in [0.05, 0.1) is 0 Å². The van der Waals surface area contributed by atoms with E-state index in [1.54, 1.807) is 43.4 Å². The van der Waals surface area contributed by atoms with Crippen molar-refractivity contribution in [2.24, 2.45) is 0 Å². The highest BCUT2D eigenvalue weighted by Gasteiger charge is 1.96. The molecule has 0 N–H and O–H groups in total. The predicted octanol–water partition coefficient (Wildman–Crippen LogP) is 3.13. The SMILES string of the molecule is Cc1cc(/C=C/C=C/C(=O)/C=C/c2cc(C)on2)no1. The first-order valence-electron chi connectivity index (χ1n) is 6.07. The summed E-state index contributed by atoms with van der Waals surface area (Å²) in [4.78, 5) is 11.5. The number of carbonyl (C=O) groups excluding carboxylic acids is 1. The number of hydrogen-bond donors (Lipinski definition) is 0. The van der Waals surface area contributed by atoms with E-state index in [1.165, 1.54) is 12.2 Å². The second-order valence-electron chi connectivity index (χ2n) is 4.18. The average Bonchev–Trinajstić information content (AvgIpc) is 3.01. The van der Waals surface area contributed by atoms with Crippen LogP contribution in [0.2, 0.25) is 0 Å². The van der Waals surface area contributed by atoms with Crippen LogP contribution in [0.3, 0.4) is 0 Å². The third-order valence-corrected chi connectivity index (χ3v) is 2.35. The zero-order valence-electron chi connectivity index (χ0n) is 11.2. The van der Waals surface area contributed by atoms with Gasteiger partial charge in [-0.3, -0.25) is 4.79 Å². The maximum Gasteiger partial charge on any atom is 0.178 e. The minimum absolute atomic E-state index is 0.133. The van der Waals surface area contributed by atoms with Gasteiger partial charge >= 0.3 is 0 Å². The molecule has 0 atom stereocenters. The molecule has 0 fully saturated rings. The Morgan fingerprint density at radius 3 is 2.10 bits per heavy atom.